The summed E-state index contributed by atoms with van der Waals surface area (Å²) in [6.45, 7) is 1.30. The minimum absolute atomic E-state index is 0.101. The molecule has 0 radical (unpaired) electrons. The first-order chi connectivity index (χ1) is 14.3. The van der Waals surface area contributed by atoms with Gasteiger partial charge in [-0.05, 0) is 44.6 Å². The van der Waals surface area contributed by atoms with E-state index in [0.29, 0.717) is 25.9 Å². The minimum Gasteiger partial charge on any atom is -0.355 e. The Hall–Kier alpha value is -2.61. The van der Waals surface area contributed by atoms with Crippen LogP contribution in [0.5, 0.6) is 0 Å². The van der Waals surface area contributed by atoms with Crippen LogP contribution in [0.4, 0.5) is 19.0 Å². The van der Waals surface area contributed by atoms with Gasteiger partial charge in [-0.1, -0.05) is 30.3 Å². The number of amides is 1. The number of hydrogen-bond acceptors (Lipinski definition) is 4. The van der Waals surface area contributed by atoms with E-state index in [1.807, 2.05) is 49.3 Å². The van der Waals surface area contributed by atoms with Crippen molar-refractivity contribution in [1.29, 1.82) is 0 Å². The van der Waals surface area contributed by atoms with E-state index in [1.54, 1.807) is 4.90 Å². The van der Waals surface area contributed by atoms with Crippen LogP contribution in [0.25, 0.3) is 0 Å². The van der Waals surface area contributed by atoms with E-state index < -0.39 is 17.7 Å². The number of nitrogens with one attached hydrogen (secondary N) is 1. The second-order valence-corrected chi connectivity index (χ2v) is 7.89. The lowest BCUT2D eigenvalue weighted by Crippen LogP contribution is -2.46. The van der Waals surface area contributed by atoms with Crippen molar-refractivity contribution in [2.45, 2.75) is 25.1 Å². The van der Waals surface area contributed by atoms with Gasteiger partial charge in [0.2, 0.25) is 5.91 Å². The molecule has 1 aromatic heterocycles. The highest BCUT2D eigenvalue weighted by molar-refractivity contribution is 5.80. The van der Waals surface area contributed by atoms with Gasteiger partial charge in [0.25, 0.3) is 0 Å². The first-order valence-electron chi connectivity index (χ1n) is 10.0. The number of alkyl halides is 3. The molecule has 30 heavy (non-hydrogen) atoms. The average molecular weight is 420 g/mol. The summed E-state index contributed by atoms with van der Waals surface area (Å²) in [5, 5.41) is 3.10. The van der Waals surface area contributed by atoms with Crippen molar-refractivity contribution in [3.05, 3.63) is 59.8 Å². The summed E-state index contributed by atoms with van der Waals surface area (Å²) in [5.74, 6) is -0.634. The predicted molar refractivity (Wildman–Crippen MR) is 110 cm³/mol. The van der Waals surface area contributed by atoms with Crippen LogP contribution in [0.15, 0.2) is 48.7 Å². The lowest BCUT2D eigenvalue weighted by molar-refractivity contribution is -0.137. The summed E-state index contributed by atoms with van der Waals surface area (Å²) in [6, 6.07) is 11.8. The van der Waals surface area contributed by atoms with Gasteiger partial charge < -0.3 is 15.1 Å². The molecule has 2 unspecified atom stereocenters. The SMILES string of the molecule is CN(C)CC(NC(=O)C1CCCN(c2ncccc2C(F)(F)F)C1)c1ccccc1. The number of likely N-dealkylation sites (N-methyl/N-ethyl adjacent to an activating group) is 1. The van der Waals surface area contributed by atoms with Crippen LogP contribution in [0.2, 0.25) is 0 Å². The smallest absolute Gasteiger partial charge is 0.355 e. The number of piperidine rings is 1. The summed E-state index contributed by atoms with van der Waals surface area (Å²) >= 11 is 0. The molecule has 162 valence electrons. The van der Waals surface area contributed by atoms with E-state index in [2.05, 4.69) is 10.3 Å². The van der Waals surface area contributed by atoms with E-state index in [1.165, 1.54) is 12.3 Å². The molecule has 2 aromatic rings. The minimum atomic E-state index is -4.48. The van der Waals surface area contributed by atoms with Crippen LogP contribution in [0.1, 0.15) is 30.0 Å². The van der Waals surface area contributed by atoms with Crippen LogP contribution < -0.4 is 10.2 Å². The summed E-state index contributed by atoms with van der Waals surface area (Å²) in [7, 11) is 3.87. The van der Waals surface area contributed by atoms with Gasteiger partial charge in [-0.15, -0.1) is 0 Å². The first kappa shape index (κ1) is 22.1. The lowest BCUT2D eigenvalue weighted by Gasteiger charge is -2.35. The molecule has 1 amide bonds. The van der Waals surface area contributed by atoms with Crippen molar-refractivity contribution in [1.82, 2.24) is 15.2 Å². The molecule has 1 saturated heterocycles. The normalized spacial score (nSPS) is 18.3. The number of carbonyl (C=O) groups excluding carboxylic acids is 1. The van der Waals surface area contributed by atoms with Crippen molar-refractivity contribution < 1.29 is 18.0 Å². The zero-order valence-electron chi connectivity index (χ0n) is 17.2. The summed E-state index contributed by atoms with van der Waals surface area (Å²) < 4.78 is 40.2. The van der Waals surface area contributed by atoms with Crippen LogP contribution >= 0.6 is 0 Å². The van der Waals surface area contributed by atoms with Gasteiger partial charge in [-0.3, -0.25) is 4.79 Å². The van der Waals surface area contributed by atoms with E-state index in [0.717, 1.165) is 11.6 Å². The Morgan fingerprint density at radius 2 is 1.97 bits per heavy atom. The van der Waals surface area contributed by atoms with Crippen molar-refractivity contribution in [3.63, 3.8) is 0 Å². The van der Waals surface area contributed by atoms with Gasteiger partial charge in [0.15, 0.2) is 0 Å². The molecule has 1 aromatic carbocycles. The largest absolute Gasteiger partial charge is 0.419 e. The number of nitrogens with zero attached hydrogens (tertiary/aromatic N) is 3. The maximum atomic E-state index is 13.4. The van der Waals surface area contributed by atoms with Crippen molar-refractivity contribution in [2.75, 3.05) is 38.6 Å². The maximum absolute atomic E-state index is 13.4. The Balaban J connectivity index is 1.74. The van der Waals surface area contributed by atoms with Gasteiger partial charge in [0, 0.05) is 25.8 Å². The number of carbonyl (C=O) groups is 1. The van der Waals surface area contributed by atoms with Gasteiger partial charge >= 0.3 is 6.18 Å². The van der Waals surface area contributed by atoms with Crippen molar-refractivity contribution in [3.8, 4) is 0 Å². The standard InChI is InChI=1S/C22H27F3N4O/c1-28(2)15-19(16-8-4-3-5-9-16)27-21(30)17-10-7-13-29(14-17)20-18(22(23,24)25)11-6-12-26-20/h3-6,8-9,11-12,17,19H,7,10,13-15H2,1-2H3,(H,27,30). The third-order valence-corrected chi connectivity index (χ3v) is 5.25. The summed E-state index contributed by atoms with van der Waals surface area (Å²) in [5.41, 5.74) is 0.233. The molecule has 0 bridgehead atoms. The van der Waals surface area contributed by atoms with Crippen LogP contribution in [0.3, 0.4) is 0 Å². The number of hydrogen-bond donors (Lipinski definition) is 1. The summed E-state index contributed by atoms with van der Waals surface area (Å²) in [6.07, 6.45) is -1.85. The Kier molecular flexibility index (Phi) is 6.97. The molecule has 1 aliphatic rings. The van der Waals surface area contributed by atoms with E-state index in [4.69, 9.17) is 0 Å². The van der Waals surface area contributed by atoms with Gasteiger partial charge in [-0.25, -0.2) is 4.98 Å². The fourth-order valence-electron chi connectivity index (χ4n) is 3.83. The molecule has 2 atom stereocenters. The maximum Gasteiger partial charge on any atom is 0.419 e. The topological polar surface area (TPSA) is 48.5 Å². The molecule has 0 aliphatic carbocycles. The fraction of sp³-hybridized carbons (Fsp3) is 0.455. The monoisotopic (exact) mass is 420 g/mol. The number of aromatic nitrogens is 1. The molecular formula is C22H27F3N4O. The lowest BCUT2D eigenvalue weighted by atomic mass is 9.95. The van der Waals surface area contributed by atoms with Gasteiger partial charge in [0.05, 0.1) is 17.5 Å². The van der Waals surface area contributed by atoms with E-state index in [-0.39, 0.29) is 24.3 Å². The number of halogens is 3. The molecule has 1 fully saturated rings. The van der Waals surface area contributed by atoms with Gasteiger partial charge in [-0.2, -0.15) is 13.2 Å². The molecule has 1 aliphatic heterocycles. The van der Waals surface area contributed by atoms with E-state index >= 15 is 0 Å². The molecule has 0 saturated carbocycles. The molecule has 1 N–H and O–H groups in total. The highest BCUT2D eigenvalue weighted by atomic mass is 19.4. The molecule has 8 heteroatoms. The second-order valence-electron chi connectivity index (χ2n) is 7.89. The predicted octanol–water partition coefficient (Wildman–Crippen LogP) is 3.74. The first-order valence-corrected chi connectivity index (χ1v) is 10.0. The fourth-order valence-corrected chi connectivity index (χ4v) is 3.83. The number of pyridine rings is 1. The Morgan fingerprint density at radius 3 is 2.63 bits per heavy atom. The molecule has 2 heterocycles. The quantitative estimate of drug-likeness (QED) is 0.774. The second kappa shape index (κ2) is 9.47. The Morgan fingerprint density at radius 1 is 1.23 bits per heavy atom. The van der Waals surface area contributed by atoms with Crippen LogP contribution in [-0.4, -0.2) is 49.5 Å². The average Bonchev–Trinajstić information content (AvgIpc) is 2.73. The van der Waals surface area contributed by atoms with E-state index in [9.17, 15) is 18.0 Å². The third-order valence-electron chi connectivity index (χ3n) is 5.25. The zero-order valence-corrected chi connectivity index (χ0v) is 17.2. The number of benzene rings is 1. The molecule has 0 spiro atoms. The highest BCUT2D eigenvalue weighted by Crippen LogP contribution is 2.36. The zero-order chi connectivity index (χ0) is 21.7. The number of rotatable bonds is 6. The van der Waals surface area contributed by atoms with Gasteiger partial charge in [0.1, 0.15) is 5.82 Å². The third kappa shape index (κ3) is 5.50. The number of anilines is 1. The highest BCUT2D eigenvalue weighted by Gasteiger charge is 2.37. The summed E-state index contributed by atoms with van der Waals surface area (Å²) in [4.78, 5) is 20.6. The molecular weight excluding hydrogens is 393 g/mol. The Bertz CT molecular complexity index is 842. The van der Waals surface area contributed by atoms with Crippen molar-refractivity contribution >= 4 is 11.7 Å². The molecule has 3 rings (SSSR count). The van der Waals surface area contributed by atoms with Crippen LogP contribution in [-0.2, 0) is 11.0 Å². The van der Waals surface area contributed by atoms with Crippen molar-refractivity contribution in [2.24, 2.45) is 5.92 Å². The molecule has 5 nitrogen and oxygen atoms in total. The Labute approximate surface area is 174 Å². The van der Waals surface area contributed by atoms with Crippen LogP contribution in [0, 0.1) is 5.92 Å².